The van der Waals surface area contributed by atoms with Gasteiger partial charge in [-0.05, 0) is 71.8 Å². The summed E-state index contributed by atoms with van der Waals surface area (Å²) in [4.78, 5) is 0. The van der Waals surface area contributed by atoms with Crippen molar-refractivity contribution in [3.8, 4) is 16.8 Å². The Morgan fingerprint density at radius 3 is 1.97 bits per heavy atom. The van der Waals surface area contributed by atoms with Crippen LogP contribution in [0.1, 0.15) is 5.56 Å². The van der Waals surface area contributed by atoms with Crippen molar-refractivity contribution in [2.45, 2.75) is 6.18 Å². The lowest BCUT2D eigenvalue weighted by Gasteiger charge is -2.12. The molecule has 0 amide bonds. The summed E-state index contributed by atoms with van der Waals surface area (Å²) in [7, 11) is 0. The van der Waals surface area contributed by atoms with Gasteiger partial charge in [0, 0.05) is 27.8 Å². The van der Waals surface area contributed by atoms with Crippen LogP contribution in [0, 0.1) is 0 Å². The lowest BCUT2D eigenvalue weighted by molar-refractivity contribution is -0.137. The molecule has 6 aromatic rings. The predicted molar refractivity (Wildman–Crippen MR) is 141 cm³/mol. The number of fused-ring (bicyclic) bond motifs is 3. The molecule has 6 rings (SSSR count). The van der Waals surface area contributed by atoms with Gasteiger partial charge in [0.25, 0.3) is 0 Å². The molecular formula is C31H21F3N2. The molecule has 36 heavy (non-hydrogen) atoms. The second kappa shape index (κ2) is 8.61. The smallest absolute Gasteiger partial charge is 0.356 e. The summed E-state index contributed by atoms with van der Waals surface area (Å²) < 4.78 is 42.1. The van der Waals surface area contributed by atoms with Crippen LogP contribution in [0.4, 0.5) is 24.5 Å². The van der Waals surface area contributed by atoms with E-state index in [1.54, 1.807) is 6.07 Å². The summed E-state index contributed by atoms with van der Waals surface area (Å²) in [5.74, 6) is 0. The van der Waals surface area contributed by atoms with Gasteiger partial charge in [0.15, 0.2) is 0 Å². The lowest BCUT2D eigenvalue weighted by Crippen LogP contribution is -2.06. The second-order valence-corrected chi connectivity index (χ2v) is 8.70. The average Bonchev–Trinajstić information content (AvgIpc) is 3.23. The Morgan fingerprint density at radius 2 is 1.19 bits per heavy atom. The minimum atomic E-state index is -4.40. The summed E-state index contributed by atoms with van der Waals surface area (Å²) in [6.07, 6.45) is -4.40. The highest BCUT2D eigenvalue weighted by Gasteiger charge is 2.30. The fourth-order valence-electron chi connectivity index (χ4n) is 4.69. The zero-order valence-corrected chi connectivity index (χ0v) is 19.1. The maximum Gasteiger partial charge on any atom is 0.416 e. The molecule has 5 heteroatoms. The SMILES string of the molecule is FC(F)(F)c1cccc(-n2c3ccccc3c3cc(-c4ccc(Nc5ccccc5)cc4)ccc32)c1. The van der Waals surface area contributed by atoms with E-state index in [0.717, 1.165) is 50.4 Å². The van der Waals surface area contributed by atoms with Gasteiger partial charge in [0.2, 0.25) is 0 Å². The fraction of sp³-hybridized carbons (Fsp3) is 0.0323. The van der Waals surface area contributed by atoms with Crippen molar-refractivity contribution in [1.82, 2.24) is 4.57 Å². The number of halogens is 3. The predicted octanol–water partition coefficient (Wildman–Crippen LogP) is 9.21. The number of hydrogen-bond donors (Lipinski definition) is 1. The van der Waals surface area contributed by atoms with Crippen molar-refractivity contribution >= 4 is 33.2 Å². The molecule has 0 saturated heterocycles. The first kappa shape index (κ1) is 22.0. The molecule has 0 aliphatic rings. The minimum absolute atomic E-state index is 0.486. The van der Waals surface area contributed by atoms with Crippen LogP contribution in [0.2, 0.25) is 0 Å². The van der Waals surface area contributed by atoms with Crippen LogP contribution in [0.3, 0.4) is 0 Å². The largest absolute Gasteiger partial charge is 0.416 e. The van der Waals surface area contributed by atoms with Gasteiger partial charge in [0.05, 0.1) is 16.6 Å². The first-order chi connectivity index (χ1) is 17.5. The molecule has 2 nitrogen and oxygen atoms in total. The minimum Gasteiger partial charge on any atom is -0.356 e. The molecule has 1 aromatic heterocycles. The van der Waals surface area contributed by atoms with Crippen LogP contribution in [-0.4, -0.2) is 4.57 Å². The highest BCUT2D eigenvalue weighted by atomic mass is 19.4. The molecule has 1 heterocycles. The number of alkyl halides is 3. The molecule has 0 aliphatic carbocycles. The van der Waals surface area contributed by atoms with Crippen molar-refractivity contribution in [1.29, 1.82) is 0 Å². The highest BCUT2D eigenvalue weighted by molar-refractivity contribution is 6.10. The van der Waals surface area contributed by atoms with Crippen molar-refractivity contribution in [3.63, 3.8) is 0 Å². The Balaban J connectivity index is 1.43. The Hall–Kier alpha value is -4.51. The first-order valence-electron chi connectivity index (χ1n) is 11.6. The van der Waals surface area contributed by atoms with Gasteiger partial charge in [-0.15, -0.1) is 0 Å². The molecule has 0 saturated carbocycles. The van der Waals surface area contributed by atoms with E-state index in [2.05, 4.69) is 23.5 Å². The molecule has 0 bridgehead atoms. The van der Waals surface area contributed by atoms with Gasteiger partial charge >= 0.3 is 6.18 Å². The van der Waals surface area contributed by atoms with Gasteiger partial charge in [-0.25, -0.2) is 0 Å². The zero-order chi connectivity index (χ0) is 24.7. The Morgan fingerprint density at radius 1 is 0.528 bits per heavy atom. The summed E-state index contributed by atoms with van der Waals surface area (Å²) in [5, 5.41) is 5.38. The van der Waals surface area contributed by atoms with Crippen LogP contribution in [0.5, 0.6) is 0 Å². The van der Waals surface area contributed by atoms with Crippen molar-refractivity contribution < 1.29 is 13.2 Å². The summed E-state index contributed by atoms with van der Waals surface area (Å²) in [6, 6.07) is 37.6. The molecule has 1 N–H and O–H groups in total. The monoisotopic (exact) mass is 478 g/mol. The number of anilines is 2. The Labute approximate surface area is 206 Å². The average molecular weight is 479 g/mol. The molecule has 0 radical (unpaired) electrons. The van der Waals surface area contributed by atoms with Crippen LogP contribution in [0.25, 0.3) is 38.6 Å². The van der Waals surface area contributed by atoms with E-state index in [1.165, 1.54) is 12.1 Å². The number of hydrogen-bond acceptors (Lipinski definition) is 1. The van der Waals surface area contributed by atoms with Gasteiger partial charge in [0.1, 0.15) is 0 Å². The molecule has 176 valence electrons. The number of nitrogens with zero attached hydrogens (tertiary/aromatic N) is 1. The van der Waals surface area contributed by atoms with E-state index in [0.29, 0.717) is 5.69 Å². The lowest BCUT2D eigenvalue weighted by atomic mass is 10.0. The van der Waals surface area contributed by atoms with Crippen LogP contribution < -0.4 is 5.32 Å². The van der Waals surface area contributed by atoms with Gasteiger partial charge in [-0.3, -0.25) is 0 Å². The molecule has 5 aromatic carbocycles. The number of benzene rings is 5. The highest BCUT2D eigenvalue weighted by Crippen LogP contribution is 2.37. The second-order valence-electron chi connectivity index (χ2n) is 8.70. The van der Waals surface area contributed by atoms with Crippen LogP contribution >= 0.6 is 0 Å². The van der Waals surface area contributed by atoms with Crippen LogP contribution in [-0.2, 0) is 6.18 Å². The van der Waals surface area contributed by atoms with Crippen molar-refractivity contribution in [3.05, 3.63) is 127 Å². The standard InChI is InChI=1S/C31H21F3N2/c32-31(33,34)23-7-6-10-26(20-23)36-29-12-5-4-11-27(29)28-19-22(15-18-30(28)36)21-13-16-25(17-14-21)35-24-8-2-1-3-9-24/h1-20,35H. The quantitative estimate of drug-likeness (QED) is 0.267. The van der Waals surface area contributed by atoms with Crippen molar-refractivity contribution in [2.24, 2.45) is 0 Å². The maximum absolute atomic E-state index is 13.4. The third-order valence-electron chi connectivity index (χ3n) is 6.38. The van der Waals surface area contributed by atoms with Gasteiger partial charge in [-0.1, -0.05) is 60.7 Å². The number of rotatable bonds is 4. The normalized spacial score (nSPS) is 11.8. The molecule has 0 unspecified atom stereocenters. The molecule has 0 spiro atoms. The topological polar surface area (TPSA) is 17.0 Å². The summed E-state index contributed by atoms with van der Waals surface area (Å²) in [6.45, 7) is 0. The van der Waals surface area contributed by atoms with Crippen molar-refractivity contribution in [2.75, 3.05) is 5.32 Å². The zero-order valence-electron chi connectivity index (χ0n) is 19.1. The Bertz CT molecular complexity index is 1680. The maximum atomic E-state index is 13.4. The summed E-state index contributed by atoms with van der Waals surface area (Å²) >= 11 is 0. The van der Waals surface area contributed by atoms with E-state index in [-0.39, 0.29) is 0 Å². The molecular weight excluding hydrogens is 457 g/mol. The van der Waals surface area contributed by atoms with E-state index in [9.17, 15) is 13.2 Å². The summed E-state index contributed by atoms with van der Waals surface area (Å²) in [5.41, 5.74) is 5.67. The molecule has 0 fully saturated rings. The van der Waals surface area contributed by atoms with E-state index in [1.807, 2.05) is 83.4 Å². The fourth-order valence-corrected chi connectivity index (χ4v) is 4.69. The van der Waals surface area contributed by atoms with E-state index < -0.39 is 11.7 Å². The molecule has 0 atom stereocenters. The number of nitrogens with one attached hydrogen (secondary N) is 1. The van der Waals surface area contributed by atoms with Gasteiger partial charge in [-0.2, -0.15) is 13.2 Å². The number of aromatic nitrogens is 1. The Kier molecular flexibility index (Phi) is 5.26. The van der Waals surface area contributed by atoms with E-state index >= 15 is 0 Å². The van der Waals surface area contributed by atoms with E-state index in [4.69, 9.17) is 0 Å². The van der Waals surface area contributed by atoms with Crippen LogP contribution in [0.15, 0.2) is 121 Å². The third-order valence-corrected chi connectivity index (χ3v) is 6.38. The number of para-hydroxylation sites is 2. The van der Waals surface area contributed by atoms with Gasteiger partial charge < -0.3 is 9.88 Å². The molecule has 0 aliphatic heterocycles. The first-order valence-corrected chi connectivity index (χ1v) is 11.6. The third kappa shape index (κ3) is 3.99.